The van der Waals surface area contributed by atoms with Gasteiger partial charge in [0.15, 0.2) is 9.84 Å². The zero-order valence-electron chi connectivity index (χ0n) is 11.7. The molecular formula is C12H19N3O4S2. The van der Waals surface area contributed by atoms with Gasteiger partial charge in [-0.1, -0.05) is 6.92 Å². The zero-order valence-corrected chi connectivity index (χ0v) is 13.4. The number of carbonyl (C=O) groups excluding carboxylic acids is 1. The van der Waals surface area contributed by atoms with Crippen molar-refractivity contribution in [1.82, 2.24) is 10.3 Å². The minimum atomic E-state index is -3.17. The number of hydrogen-bond donors (Lipinski definition) is 2. The predicted molar refractivity (Wildman–Crippen MR) is 81.3 cm³/mol. The Hall–Kier alpha value is -1.03. The second-order valence-corrected chi connectivity index (χ2v) is 8.28. The van der Waals surface area contributed by atoms with Gasteiger partial charge in [0, 0.05) is 23.8 Å². The molecule has 9 heteroatoms. The lowest BCUT2D eigenvalue weighted by Crippen LogP contribution is -2.47. The molecule has 0 aromatic carbocycles. The van der Waals surface area contributed by atoms with E-state index in [0.29, 0.717) is 23.6 Å². The van der Waals surface area contributed by atoms with Gasteiger partial charge in [0.1, 0.15) is 11.1 Å². The fraction of sp³-hybridized carbons (Fsp3) is 0.583. The smallest absolute Gasteiger partial charge is 0.268 e. The summed E-state index contributed by atoms with van der Waals surface area (Å²) in [5.74, 6) is 6.61. The fourth-order valence-corrected chi connectivity index (χ4v) is 5.33. The van der Waals surface area contributed by atoms with Crippen molar-refractivity contribution in [3.05, 3.63) is 23.7 Å². The first kappa shape index (κ1) is 16.3. The van der Waals surface area contributed by atoms with E-state index in [-0.39, 0.29) is 12.3 Å². The largest absolute Gasteiger partial charge is 0.467 e. The Labute approximate surface area is 128 Å². The van der Waals surface area contributed by atoms with Gasteiger partial charge in [0.05, 0.1) is 18.4 Å². The first-order chi connectivity index (χ1) is 9.99. The third-order valence-electron chi connectivity index (χ3n) is 3.48. The van der Waals surface area contributed by atoms with Crippen molar-refractivity contribution in [2.24, 2.45) is 5.84 Å². The molecule has 2 rings (SSSR count). The van der Waals surface area contributed by atoms with Crippen LogP contribution in [0.4, 0.5) is 0 Å². The minimum Gasteiger partial charge on any atom is -0.467 e. The maximum absolute atomic E-state index is 12.2. The molecule has 1 aliphatic rings. The van der Waals surface area contributed by atoms with Crippen molar-refractivity contribution in [2.45, 2.75) is 18.8 Å². The molecule has 0 saturated carbocycles. The van der Waals surface area contributed by atoms with Crippen LogP contribution in [0.1, 0.15) is 23.0 Å². The number of hydrogen-bond acceptors (Lipinski definition) is 7. The van der Waals surface area contributed by atoms with Crippen LogP contribution in [-0.2, 0) is 16.4 Å². The Morgan fingerprint density at radius 1 is 1.62 bits per heavy atom. The third kappa shape index (κ3) is 3.60. The number of nitrogens with one attached hydrogen (secondary N) is 1. The molecule has 1 unspecified atom stereocenters. The molecule has 1 aliphatic heterocycles. The fourth-order valence-electron chi connectivity index (χ4n) is 2.25. The zero-order chi connectivity index (χ0) is 15.5. The summed E-state index contributed by atoms with van der Waals surface area (Å²) in [6.45, 7) is 2.56. The number of nitrogens with zero attached hydrogens (tertiary/aromatic N) is 1. The maximum Gasteiger partial charge on any atom is 0.268 e. The van der Waals surface area contributed by atoms with Gasteiger partial charge in [-0.15, -0.1) is 0 Å². The van der Waals surface area contributed by atoms with Crippen molar-refractivity contribution in [1.29, 1.82) is 0 Å². The van der Waals surface area contributed by atoms with Crippen LogP contribution in [0.3, 0.4) is 0 Å². The average molecular weight is 333 g/mol. The molecular weight excluding hydrogens is 314 g/mol. The molecule has 2 heterocycles. The summed E-state index contributed by atoms with van der Waals surface area (Å²) >= 11 is 1.63. The van der Waals surface area contributed by atoms with E-state index in [4.69, 9.17) is 10.3 Å². The van der Waals surface area contributed by atoms with Crippen LogP contribution in [0.5, 0.6) is 0 Å². The van der Waals surface area contributed by atoms with Gasteiger partial charge in [-0.3, -0.25) is 15.1 Å². The molecule has 1 saturated heterocycles. The number of amides is 1. The maximum atomic E-state index is 12.2. The van der Waals surface area contributed by atoms with Gasteiger partial charge < -0.3 is 4.42 Å². The van der Waals surface area contributed by atoms with Crippen molar-refractivity contribution >= 4 is 27.5 Å². The standard InChI is InChI=1S/C12H19N3O4S2/c1-2-21(17,18)11-8-20-6-4-15(11)7-10-9(3-5-19-10)12(16)14-13/h3,5,11H,2,4,6-8,13H2,1H3,(H,14,16). The van der Waals surface area contributed by atoms with Gasteiger partial charge >= 0.3 is 0 Å². The molecule has 1 fully saturated rings. The number of thioether (sulfide) groups is 1. The lowest BCUT2D eigenvalue weighted by Gasteiger charge is -2.34. The molecule has 0 aliphatic carbocycles. The Balaban J connectivity index is 2.21. The monoisotopic (exact) mass is 333 g/mol. The van der Waals surface area contributed by atoms with Gasteiger partial charge in [-0.2, -0.15) is 11.8 Å². The summed E-state index contributed by atoms with van der Waals surface area (Å²) in [7, 11) is -3.17. The first-order valence-electron chi connectivity index (χ1n) is 6.60. The summed E-state index contributed by atoms with van der Waals surface area (Å²) in [6.07, 6.45) is 1.40. The lowest BCUT2D eigenvalue weighted by atomic mass is 10.2. The highest BCUT2D eigenvalue weighted by molar-refractivity contribution is 8.01. The van der Waals surface area contributed by atoms with Crippen LogP contribution in [0.2, 0.25) is 0 Å². The van der Waals surface area contributed by atoms with Crippen molar-refractivity contribution in [3.8, 4) is 0 Å². The number of rotatable bonds is 5. The highest BCUT2D eigenvalue weighted by atomic mass is 32.2. The molecule has 1 atom stereocenters. The van der Waals surface area contributed by atoms with E-state index < -0.39 is 21.1 Å². The Bertz CT molecular complexity index is 599. The molecule has 1 aromatic rings. The highest BCUT2D eigenvalue weighted by Crippen LogP contribution is 2.24. The van der Waals surface area contributed by atoms with Gasteiger partial charge in [-0.25, -0.2) is 14.3 Å². The van der Waals surface area contributed by atoms with E-state index in [0.717, 1.165) is 5.75 Å². The van der Waals surface area contributed by atoms with Gasteiger partial charge in [0.25, 0.3) is 5.91 Å². The van der Waals surface area contributed by atoms with E-state index in [1.807, 2.05) is 4.90 Å². The summed E-state index contributed by atoms with van der Waals surface area (Å²) in [5, 5.41) is -0.542. The summed E-state index contributed by atoms with van der Waals surface area (Å²) in [4.78, 5) is 13.5. The van der Waals surface area contributed by atoms with E-state index in [1.165, 1.54) is 12.3 Å². The van der Waals surface area contributed by atoms with Gasteiger partial charge in [0.2, 0.25) is 0 Å². The molecule has 0 spiro atoms. The van der Waals surface area contributed by atoms with Crippen LogP contribution in [0.25, 0.3) is 0 Å². The summed E-state index contributed by atoms with van der Waals surface area (Å²) < 4.78 is 29.7. The SMILES string of the molecule is CCS(=O)(=O)C1CSCCN1Cc1occc1C(=O)NN. The topological polar surface area (TPSA) is 106 Å². The Kier molecular flexibility index (Phi) is 5.31. The number of sulfone groups is 1. The normalized spacial score (nSPS) is 20.4. The number of hydrazine groups is 1. The number of furan rings is 1. The van der Waals surface area contributed by atoms with Crippen LogP contribution in [0.15, 0.2) is 16.7 Å². The molecule has 3 N–H and O–H groups in total. The molecule has 0 radical (unpaired) electrons. The quantitative estimate of drug-likeness (QED) is 0.450. The van der Waals surface area contributed by atoms with E-state index >= 15 is 0 Å². The minimum absolute atomic E-state index is 0.100. The highest BCUT2D eigenvalue weighted by Gasteiger charge is 2.33. The molecule has 21 heavy (non-hydrogen) atoms. The lowest BCUT2D eigenvalue weighted by molar-refractivity contribution is 0.0949. The van der Waals surface area contributed by atoms with Crippen LogP contribution >= 0.6 is 11.8 Å². The molecule has 7 nitrogen and oxygen atoms in total. The van der Waals surface area contributed by atoms with Crippen LogP contribution in [0, 0.1) is 0 Å². The Morgan fingerprint density at radius 3 is 3.05 bits per heavy atom. The average Bonchev–Trinajstić information content (AvgIpc) is 2.95. The van der Waals surface area contributed by atoms with Crippen molar-refractivity contribution in [2.75, 3.05) is 23.8 Å². The summed E-state index contributed by atoms with van der Waals surface area (Å²) in [6, 6.07) is 1.53. The molecule has 1 aromatic heterocycles. The van der Waals surface area contributed by atoms with E-state index in [2.05, 4.69) is 5.43 Å². The first-order valence-corrected chi connectivity index (χ1v) is 9.47. The third-order valence-corrected chi connectivity index (χ3v) is 6.81. The molecule has 0 bridgehead atoms. The van der Waals surface area contributed by atoms with Crippen LogP contribution < -0.4 is 11.3 Å². The van der Waals surface area contributed by atoms with Crippen LogP contribution in [-0.4, -0.2) is 48.4 Å². The number of nitrogen functional groups attached to an aromatic ring is 1. The molecule has 118 valence electrons. The second-order valence-electron chi connectivity index (χ2n) is 4.68. The van der Waals surface area contributed by atoms with E-state index in [1.54, 1.807) is 18.7 Å². The van der Waals surface area contributed by atoms with Crippen molar-refractivity contribution < 1.29 is 17.6 Å². The number of nitrogens with two attached hydrogens (primary N) is 1. The number of carbonyl (C=O) groups is 1. The summed E-state index contributed by atoms with van der Waals surface area (Å²) in [5.41, 5.74) is 2.39. The Morgan fingerprint density at radius 2 is 2.38 bits per heavy atom. The second kappa shape index (κ2) is 6.82. The predicted octanol–water partition coefficient (Wildman–Crippen LogP) is 0.193. The van der Waals surface area contributed by atoms with Crippen molar-refractivity contribution in [3.63, 3.8) is 0 Å². The molecule has 1 amide bonds. The van der Waals surface area contributed by atoms with Gasteiger partial charge in [-0.05, 0) is 6.07 Å². The van der Waals surface area contributed by atoms with E-state index in [9.17, 15) is 13.2 Å².